The first-order valence-corrected chi connectivity index (χ1v) is 10.00. The summed E-state index contributed by atoms with van der Waals surface area (Å²) in [6, 6.07) is 8.22. The van der Waals surface area contributed by atoms with E-state index >= 15 is 0 Å². The van der Waals surface area contributed by atoms with Crippen molar-refractivity contribution in [2.45, 2.75) is 33.6 Å². The molecule has 3 heterocycles. The molecule has 4 rings (SSSR count). The van der Waals surface area contributed by atoms with Gasteiger partial charge in [-0.25, -0.2) is 9.97 Å². The van der Waals surface area contributed by atoms with E-state index in [4.69, 9.17) is 0 Å². The quantitative estimate of drug-likeness (QED) is 0.543. The summed E-state index contributed by atoms with van der Waals surface area (Å²) in [5.74, 6) is 0.792. The van der Waals surface area contributed by atoms with Crippen LogP contribution in [0, 0.1) is 13.8 Å². The molecule has 138 valence electrons. The van der Waals surface area contributed by atoms with Gasteiger partial charge in [0, 0.05) is 41.1 Å². The molecule has 3 aromatic heterocycles. The van der Waals surface area contributed by atoms with E-state index in [9.17, 15) is 4.79 Å². The van der Waals surface area contributed by atoms with Gasteiger partial charge in [0.25, 0.3) is 5.91 Å². The summed E-state index contributed by atoms with van der Waals surface area (Å²) in [5, 5.41) is 5.29. The molecule has 4 aromatic rings. The van der Waals surface area contributed by atoms with Crippen molar-refractivity contribution in [3.8, 4) is 0 Å². The average molecular weight is 379 g/mol. The molecular weight excluding hydrogens is 356 g/mol. The lowest BCUT2D eigenvalue weighted by Crippen LogP contribution is -2.25. The number of thiophene rings is 1. The fourth-order valence-corrected chi connectivity index (χ4v) is 4.67. The Labute approximate surface area is 161 Å². The van der Waals surface area contributed by atoms with Gasteiger partial charge in [-0.2, -0.15) is 0 Å². The van der Waals surface area contributed by atoms with Crippen molar-refractivity contribution in [2.24, 2.45) is 0 Å². The van der Waals surface area contributed by atoms with E-state index in [-0.39, 0.29) is 5.91 Å². The van der Waals surface area contributed by atoms with E-state index < -0.39 is 0 Å². The van der Waals surface area contributed by atoms with Crippen LogP contribution in [-0.2, 0) is 12.8 Å². The van der Waals surface area contributed by atoms with E-state index in [1.165, 1.54) is 22.3 Å². The molecule has 6 heteroatoms. The highest BCUT2D eigenvalue weighted by Crippen LogP contribution is 2.31. The molecule has 1 amide bonds. The van der Waals surface area contributed by atoms with E-state index in [0.29, 0.717) is 6.54 Å². The maximum atomic E-state index is 12.7. The van der Waals surface area contributed by atoms with Crippen LogP contribution in [0.25, 0.3) is 21.1 Å². The van der Waals surface area contributed by atoms with Crippen LogP contribution < -0.4 is 5.32 Å². The van der Waals surface area contributed by atoms with Gasteiger partial charge in [-0.05, 0) is 37.5 Å². The highest BCUT2D eigenvalue weighted by Gasteiger charge is 2.18. The Hall–Kier alpha value is -2.73. The van der Waals surface area contributed by atoms with Gasteiger partial charge in [-0.1, -0.05) is 25.1 Å². The number of amides is 1. The first-order valence-electron chi connectivity index (χ1n) is 9.18. The predicted octanol–water partition coefficient (Wildman–Crippen LogP) is 4.32. The normalized spacial score (nSPS) is 11.4. The topological polar surface area (TPSA) is 70.7 Å². The summed E-state index contributed by atoms with van der Waals surface area (Å²) in [5.41, 5.74) is 4.26. The number of fused-ring (bicyclic) bond motifs is 2. The van der Waals surface area contributed by atoms with E-state index in [1.54, 1.807) is 0 Å². The first kappa shape index (κ1) is 17.7. The molecule has 0 radical (unpaired) electrons. The summed E-state index contributed by atoms with van der Waals surface area (Å²) in [4.78, 5) is 26.8. The molecule has 0 fully saturated rings. The van der Waals surface area contributed by atoms with Crippen LogP contribution >= 0.6 is 11.3 Å². The number of benzene rings is 1. The fourth-order valence-electron chi connectivity index (χ4n) is 3.50. The molecule has 0 atom stereocenters. The Bertz CT molecular complexity index is 1140. The average Bonchev–Trinajstić information content (AvgIpc) is 3.23. The van der Waals surface area contributed by atoms with Crippen molar-refractivity contribution < 1.29 is 4.79 Å². The van der Waals surface area contributed by atoms with Gasteiger partial charge in [0.2, 0.25) is 0 Å². The summed E-state index contributed by atoms with van der Waals surface area (Å²) < 4.78 is 0. The lowest BCUT2D eigenvalue weighted by molar-refractivity contribution is 0.0957. The van der Waals surface area contributed by atoms with Crippen LogP contribution in [0.5, 0.6) is 0 Å². The van der Waals surface area contributed by atoms with Gasteiger partial charge in [-0.3, -0.25) is 4.79 Å². The number of carbonyl (C=O) groups excluding carboxylic acids is 1. The molecule has 0 saturated heterocycles. The molecule has 27 heavy (non-hydrogen) atoms. The Morgan fingerprint density at radius 3 is 2.85 bits per heavy atom. The number of nitrogens with zero attached hydrogens (tertiary/aromatic N) is 2. The molecule has 0 spiro atoms. The third-order valence-electron chi connectivity index (χ3n) is 4.89. The number of aryl methyl sites for hydroxylation is 3. The molecule has 0 aliphatic rings. The minimum absolute atomic E-state index is 0.0345. The van der Waals surface area contributed by atoms with Crippen molar-refractivity contribution in [3.63, 3.8) is 0 Å². The molecule has 0 aliphatic carbocycles. The number of hydrogen-bond donors (Lipinski definition) is 2. The summed E-state index contributed by atoms with van der Waals surface area (Å²) in [6.45, 7) is 6.61. The standard InChI is InChI=1S/C21H22N4OS/c1-4-17-24-13(3)18-12(2)19(27-21(18)25-17)20(26)22-10-9-14-11-23-16-8-6-5-7-15(14)16/h5-8,11,23H,4,9-10H2,1-3H3,(H,22,26). The van der Waals surface area contributed by atoms with Crippen molar-refractivity contribution in [3.05, 3.63) is 58.0 Å². The number of rotatable bonds is 5. The van der Waals surface area contributed by atoms with E-state index in [1.807, 2.05) is 39.1 Å². The third kappa shape index (κ3) is 3.21. The Kier molecular flexibility index (Phi) is 4.66. The van der Waals surface area contributed by atoms with Gasteiger partial charge in [-0.15, -0.1) is 11.3 Å². The van der Waals surface area contributed by atoms with Crippen LogP contribution in [0.1, 0.15) is 39.2 Å². The number of hydrogen-bond acceptors (Lipinski definition) is 4. The number of carbonyl (C=O) groups is 1. The molecule has 0 unspecified atom stereocenters. The first-order chi connectivity index (χ1) is 13.1. The van der Waals surface area contributed by atoms with Gasteiger partial charge >= 0.3 is 0 Å². The minimum Gasteiger partial charge on any atom is -0.361 e. The smallest absolute Gasteiger partial charge is 0.261 e. The highest BCUT2D eigenvalue weighted by molar-refractivity contribution is 7.20. The predicted molar refractivity (Wildman–Crippen MR) is 111 cm³/mol. The van der Waals surface area contributed by atoms with Gasteiger partial charge < -0.3 is 10.3 Å². The lowest BCUT2D eigenvalue weighted by Gasteiger charge is -2.04. The van der Waals surface area contributed by atoms with Crippen molar-refractivity contribution >= 4 is 38.4 Å². The summed E-state index contributed by atoms with van der Waals surface area (Å²) in [7, 11) is 0. The maximum Gasteiger partial charge on any atom is 0.261 e. The molecule has 0 bridgehead atoms. The van der Waals surface area contributed by atoms with Crippen molar-refractivity contribution in [1.29, 1.82) is 0 Å². The summed E-state index contributed by atoms with van der Waals surface area (Å²) >= 11 is 1.46. The summed E-state index contributed by atoms with van der Waals surface area (Å²) in [6.07, 6.45) is 3.60. The van der Waals surface area contributed by atoms with Gasteiger partial charge in [0.05, 0.1) is 4.88 Å². The third-order valence-corrected chi connectivity index (χ3v) is 6.08. The Balaban J connectivity index is 1.51. The second kappa shape index (κ2) is 7.12. The van der Waals surface area contributed by atoms with Crippen LogP contribution in [-0.4, -0.2) is 27.4 Å². The zero-order valence-corrected chi connectivity index (χ0v) is 16.5. The van der Waals surface area contributed by atoms with Crippen molar-refractivity contribution in [2.75, 3.05) is 6.54 Å². The zero-order chi connectivity index (χ0) is 19.0. The van der Waals surface area contributed by atoms with Crippen LogP contribution in [0.15, 0.2) is 30.5 Å². The maximum absolute atomic E-state index is 12.7. The second-order valence-corrected chi connectivity index (χ2v) is 7.68. The van der Waals surface area contributed by atoms with E-state index in [0.717, 1.165) is 50.5 Å². The Morgan fingerprint density at radius 1 is 1.22 bits per heavy atom. The lowest BCUT2D eigenvalue weighted by atomic mass is 10.1. The van der Waals surface area contributed by atoms with Crippen LogP contribution in [0.4, 0.5) is 0 Å². The Morgan fingerprint density at radius 2 is 2.04 bits per heavy atom. The number of H-pyrrole nitrogens is 1. The number of aromatic nitrogens is 3. The minimum atomic E-state index is -0.0345. The van der Waals surface area contributed by atoms with Crippen LogP contribution in [0.3, 0.4) is 0 Å². The monoisotopic (exact) mass is 378 g/mol. The molecular formula is C21H22N4OS. The number of nitrogens with one attached hydrogen (secondary N) is 2. The van der Waals surface area contributed by atoms with Crippen molar-refractivity contribution in [1.82, 2.24) is 20.3 Å². The molecule has 0 saturated carbocycles. The van der Waals surface area contributed by atoms with E-state index in [2.05, 4.69) is 32.4 Å². The van der Waals surface area contributed by atoms with Crippen LogP contribution in [0.2, 0.25) is 0 Å². The largest absolute Gasteiger partial charge is 0.361 e. The fraction of sp³-hybridized carbons (Fsp3) is 0.286. The molecule has 0 aliphatic heterocycles. The molecule has 1 aromatic carbocycles. The SMILES string of the molecule is CCc1nc(C)c2c(C)c(C(=O)NCCc3c[nH]c4ccccc34)sc2n1. The van der Waals surface area contributed by atoms with Gasteiger partial charge in [0.15, 0.2) is 0 Å². The highest BCUT2D eigenvalue weighted by atomic mass is 32.1. The number of aromatic amines is 1. The number of para-hydroxylation sites is 1. The molecule has 5 nitrogen and oxygen atoms in total. The molecule has 2 N–H and O–H groups in total. The van der Waals surface area contributed by atoms with Gasteiger partial charge in [0.1, 0.15) is 10.7 Å². The zero-order valence-electron chi connectivity index (χ0n) is 15.7. The second-order valence-electron chi connectivity index (χ2n) is 6.68.